The van der Waals surface area contributed by atoms with Crippen molar-refractivity contribution >= 4 is 5.91 Å². The van der Waals surface area contributed by atoms with Gasteiger partial charge in [0.05, 0.1) is 0 Å². The fourth-order valence-electron chi connectivity index (χ4n) is 3.26. The second-order valence-corrected chi connectivity index (χ2v) is 6.12. The minimum Gasteiger partial charge on any atom is -0.345 e. The third-order valence-electron chi connectivity index (χ3n) is 4.51. The number of hydrogen-bond donors (Lipinski definition) is 1. The van der Waals surface area contributed by atoms with Gasteiger partial charge in [-0.05, 0) is 31.7 Å². The van der Waals surface area contributed by atoms with E-state index < -0.39 is 0 Å². The molecule has 0 unspecified atom stereocenters. The normalized spacial score (nSPS) is 21.7. The highest BCUT2D eigenvalue weighted by Gasteiger charge is 2.19. The zero-order valence-electron chi connectivity index (χ0n) is 12.4. The van der Waals surface area contributed by atoms with E-state index in [1.165, 1.54) is 25.7 Å². The standard InChI is InChI=1S/C15H29N3O/c1-17(13-14-5-2-3-6-14)15(19)7-4-10-18-11-8-16-9-12-18/h14,16H,2-13H2,1H3. The summed E-state index contributed by atoms with van der Waals surface area (Å²) in [6.07, 6.45) is 7.07. The van der Waals surface area contributed by atoms with Gasteiger partial charge in [0.2, 0.25) is 5.91 Å². The Morgan fingerprint density at radius 3 is 2.63 bits per heavy atom. The lowest BCUT2D eigenvalue weighted by Gasteiger charge is -2.27. The van der Waals surface area contributed by atoms with Crippen molar-refractivity contribution in [1.82, 2.24) is 15.1 Å². The molecule has 2 rings (SSSR count). The number of hydrogen-bond acceptors (Lipinski definition) is 3. The topological polar surface area (TPSA) is 35.6 Å². The Hall–Kier alpha value is -0.610. The molecular formula is C15H29N3O. The van der Waals surface area contributed by atoms with Gasteiger partial charge in [0.1, 0.15) is 0 Å². The van der Waals surface area contributed by atoms with Crippen LogP contribution in [0.2, 0.25) is 0 Å². The van der Waals surface area contributed by atoms with Crippen molar-refractivity contribution in [2.75, 3.05) is 46.3 Å². The lowest BCUT2D eigenvalue weighted by Crippen LogP contribution is -2.44. The largest absolute Gasteiger partial charge is 0.345 e. The maximum absolute atomic E-state index is 12.1. The summed E-state index contributed by atoms with van der Waals surface area (Å²) in [7, 11) is 1.98. The van der Waals surface area contributed by atoms with Gasteiger partial charge < -0.3 is 15.1 Å². The molecule has 2 aliphatic rings. The van der Waals surface area contributed by atoms with Gasteiger partial charge in [0.15, 0.2) is 0 Å². The van der Waals surface area contributed by atoms with Crippen LogP contribution < -0.4 is 5.32 Å². The van der Waals surface area contributed by atoms with Crippen LogP contribution in [-0.2, 0) is 4.79 Å². The zero-order valence-corrected chi connectivity index (χ0v) is 12.4. The molecule has 0 aromatic heterocycles. The summed E-state index contributed by atoms with van der Waals surface area (Å²) < 4.78 is 0. The monoisotopic (exact) mass is 267 g/mol. The summed E-state index contributed by atoms with van der Waals surface area (Å²) >= 11 is 0. The van der Waals surface area contributed by atoms with Crippen LogP contribution in [0.4, 0.5) is 0 Å². The first-order valence-electron chi connectivity index (χ1n) is 7.93. The third-order valence-corrected chi connectivity index (χ3v) is 4.51. The van der Waals surface area contributed by atoms with E-state index in [9.17, 15) is 4.79 Å². The predicted octanol–water partition coefficient (Wildman–Crippen LogP) is 1.32. The number of amides is 1. The molecule has 4 heteroatoms. The van der Waals surface area contributed by atoms with Gasteiger partial charge in [-0.1, -0.05) is 12.8 Å². The van der Waals surface area contributed by atoms with E-state index in [1.807, 2.05) is 11.9 Å². The lowest BCUT2D eigenvalue weighted by atomic mass is 10.1. The van der Waals surface area contributed by atoms with Crippen LogP contribution in [0.15, 0.2) is 0 Å². The van der Waals surface area contributed by atoms with Crippen molar-refractivity contribution in [2.24, 2.45) is 5.92 Å². The van der Waals surface area contributed by atoms with Crippen LogP contribution >= 0.6 is 0 Å². The Morgan fingerprint density at radius 1 is 1.26 bits per heavy atom. The Morgan fingerprint density at radius 2 is 1.95 bits per heavy atom. The summed E-state index contributed by atoms with van der Waals surface area (Å²) in [5.74, 6) is 1.10. The molecule has 1 saturated carbocycles. The minimum atomic E-state index is 0.335. The van der Waals surface area contributed by atoms with E-state index >= 15 is 0 Å². The van der Waals surface area contributed by atoms with Crippen molar-refractivity contribution < 1.29 is 4.79 Å². The number of carbonyl (C=O) groups is 1. The highest BCUT2D eigenvalue weighted by molar-refractivity contribution is 5.75. The summed E-state index contributed by atoms with van der Waals surface area (Å²) in [6.45, 7) is 6.50. The lowest BCUT2D eigenvalue weighted by molar-refractivity contribution is -0.130. The molecule has 1 amide bonds. The summed E-state index contributed by atoms with van der Waals surface area (Å²) in [5.41, 5.74) is 0. The second kappa shape index (κ2) is 7.85. The highest BCUT2D eigenvalue weighted by atomic mass is 16.2. The highest BCUT2D eigenvalue weighted by Crippen LogP contribution is 2.25. The van der Waals surface area contributed by atoms with Crippen LogP contribution in [-0.4, -0.2) is 62.0 Å². The van der Waals surface area contributed by atoms with Crippen molar-refractivity contribution in [2.45, 2.75) is 38.5 Å². The van der Waals surface area contributed by atoms with E-state index in [-0.39, 0.29) is 0 Å². The molecule has 1 aliphatic heterocycles. The van der Waals surface area contributed by atoms with Crippen LogP contribution in [0, 0.1) is 5.92 Å². The molecule has 0 aromatic carbocycles. The number of carbonyl (C=O) groups excluding carboxylic acids is 1. The fourth-order valence-corrected chi connectivity index (χ4v) is 3.26. The molecule has 0 radical (unpaired) electrons. The van der Waals surface area contributed by atoms with Crippen molar-refractivity contribution in [3.63, 3.8) is 0 Å². The molecule has 0 aromatic rings. The van der Waals surface area contributed by atoms with E-state index in [0.29, 0.717) is 12.3 Å². The molecule has 0 bridgehead atoms. The Kier molecular flexibility index (Phi) is 6.11. The van der Waals surface area contributed by atoms with Crippen molar-refractivity contribution in [1.29, 1.82) is 0 Å². The molecule has 19 heavy (non-hydrogen) atoms. The Labute approximate surface area is 117 Å². The van der Waals surface area contributed by atoms with E-state index in [1.54, 1.807) is 0 Å². The van der Waals surface area contributed by atoms with Crippen LogP contribution in [0.25, 0.3) is 0 Å². The van der Waals surface area contributed by atoms with Crippen LogP contribution in [0.3, 0.4) is 0 Å². The molecule has 110 valence electrons. The smallest absolute Gasteiger partial charge is 0.222 e. The SMILES string of the molecule is CN(CC1CCCC1)C(=O)CCCN1CCNCC1. The van der Waals surface area contributed by atoms with E-state index in [2.05, 4.69) is 10.2 Å². The van der Waals surface area contributed by atoms with Gasteiger partial charge in [0, 0.05) is 46.2 Å². The zero-order chi connectivity index (χ0) is 13.5. The number of rotatable bonds is 6. The maximum Gasteiger partial charge on any atom is 0.222 e. The van der Waals surface area contributed by atoms with E-state index in [4.69, 9.17) is 0 Å². The summed E-state index contributed by atoms with van der Waals surface area (Å²) in [5, 5.41) is 3.36. The molecule has 1 heterocycles. The maximum atomic E-state index is 12.1. The first-order chi connectivity index (χ1) is 9.25. The average molecular weight is 267 g/mol. The van der Waals surface area contributed by atoms with Crippen molar-refractivity contribution in [3.05, 3.63) is 0 Å². The first kappa shape index (κ1) is 14.8. The minimum absolute atomic E-state index is 0.335. The fraction of sp³-hybridized carbons (Fsp3) is 0.933. The summed E-state index contributed by atoms with van der Waals surface area (Å²) in [4.78, 5) is 16.5. The molecule has 1 aliphatic carbocycles. The first-order valence-corrected chi connectivity index (χ1v) is 7.93. The molecular weight excluding hydrogens is 238 g/mol. The Balaban J connectivity index is 1.57. The molecule has 0 spiro atoms. The van der Waals surface area contributed by atoms with Gasteiger partial charge in [-0.15, -0.1) is 0 Å². The Bertz CT molecular complexity index is 271. The quantitative estimate of drug-likeness (QED) is 0.788. The van der Waals surface area contributed by atoms with E-state index in [0.717, 1.165) is 51.6 Å². The second-order valence-electron chi connectivity index (χ2n) is 6.12. The number of nitrogens with one attached hydrogen (secondary N) is 1. The summed E-state index contributed by atoms with van der Waals surface area (Å²) in [6, 6.07) is 0. The molecule has 4 nitrogen and oxygen atoms in total. The average Bonchev–Trinajstić information content (AvgIpc) is 2.92. The number of piperazine rings is 1. The van der Waals surface area contributed by atoms with Gasteiger partial charge in [-0.2, -0.15) is 0 Å². The van der Waals surface area contributed by atoms with Gasteiger partial charge in [-0.3, -0.25) is 4.79 Å². The molecule has 1 saturated heterocycles. The third kappa shape index (κ3) is 5.11. The predicted molar refractivity (Wildman–Crippen MR) is 78.1 cm³/mol. The van der Waals surface area contributed by atoms with Gasteiger partial charge in [-0.25, -0.2) is 0 Å². The molecule has 1 N–H and O–H groups in total. The number of nitrogens with zero attached hydrogens (tertiary/aromatic N) is 2. The van der Waals surface area contributed by atoms with Gasteiger partial charge in [0.25, 0.3) is 0 Å². The van der Waals surface area contributed by atoms with Crippen molar-refractivity contribution in [3.8, 4) is 0 Å². The van der Waals surface area contributed by atoms with Crippen LogP contribution in [0.1, 0.15) is 38.5 Å². The van der Waals surface area contributed by atoms with Crippen LogP contribution in [0.5, 0.6) is 0 Å². The van der Waals surface area contributed by atoms with Gasteiger partial charge >= 0.3 is 0 Å². The molecule has 2 fully saturated rings. The molecule has 0 atom stereocenters.